The van der Waals surface area contributed by atoms with Crippen molar-refractivity contribution in [3.05, 3.63) is 5.69 Å². The van der Waals surface area contributed by atoms with Crippen molar-refractivity contribution in [2.45, 2.75) is 26.8 Å². The third-order valence-corrected chi connectivity index (χ3v) is 5.20. The maximum Gasteiger partial charge on any atom is 0.150 e. The molecule has 1 aromatic rings. The Morgan fingerprint density at radius 1 is 1.56 bits per heavy atom. The minimum atomic E-state index is -2.81. The number of aryl methyl sites for hydroxylation is 2. The van der Waals surface area contributed by atoms with Crippen LogP contribution in [0.15, 0.2) is 0 Å². The lowest BCUT2D eigenvalue weighted by Gasteiger charge is -2.12. The molecule has 0 aromatic carbocycles. The van der Waals surface area contributed by atoms with Gasteiger partial charge in [-0.1, -0.05) is 0 Å². The summed E-state index contributed by atoms with van der Waals surface area (Å²) in [5, 5.41) is 7.56. The lowest BCUT2D eigenvalue weighted by atomic mass is 10.1. The number of hydrogen-bond acceptors (Lipinski definition) is 5. The molecule has 2 heterocycles. The van der Waals surface area contributed by atoms with E-state index in [0.717, 1.165) is 24.5 Å². The normalized spacial score (nSPS) is 22.2. The summed E-state index contributed by atoms with van der Waals surface area (Å²) in [5.41, 5.74) is 7.41. The van der Waals surface area contributed by atoms with Crippen LogP contribution in [0.25, 0.3) is 0 Å². The third-order valence-electron chi connectivity index (χ3n) is 3.36. The zero-order chi connectivity index (χ0) is 13.3. The summed E-state index contributed by atoms with van der Waals surface area (Å²) in [4.78, 5) is 0. The van der Waals surface area contributed by atoms with Gasteiger partial charge in [0.15, 0.2) is 9.84 Å². The van der Waals surface area contributed by atoms with Gasteiger partial charge in [-0.15, -0.1) is 0 Å². The van der Waals surface area contributed by atoms with Crippen molar-refractivity contribution in [2.24, 2.45) is 5.92 Å². The molecule has 0 aliphatic carbocycles. The Morgan fingerprint density at radius 2 is 2.28 bits per heavy atom. The lowest BCUT2D eigenvalue weighted by Crippen LogP contribution is -2.18. The van der Waals surface area contributed by atoms with Crippen molar-refractivity contribution in [3.63, 3.8) is 0 Å². The van der Waals surface area contributed by atoms with Gasteiger partial charge in [0, 0.05) is 13.1 Å². The van der Waals surface area contributed by atoms with Crippen LogP contribution < -0.4 is 11.1 Å². The number of anilines is 2. The monoisotopic (exact) mass is 272 g/mol. The van der Waals surface area contributed by atoms with Crippen molar-refractivity contribution in [3.8, 4) is 0 Å². The van der Waals surface area contributed by atoms with E-state index >= 15 is 0 Å². The Balaban J connectivity index is 2.03. The average Bonchev–Trinajstić information content (AvgIpc) is 2.78. The Morgan fingerprint density at radius 3 is 2.83 bits per heavy atom. The summed E-state index contributed by atoms with van der Waals surface area (Å²) in [7, 11) is -2.81. The highest BCUT2D eigenvalue weighted by atomic mass is 32.2. The molecular formula is C11H20N4O2S. The average molecular weight is 272 g/mol. The van der Waals surface area contributed by atoms with Crippen LogP contribution in [-0.2, 0) is 16.4 Å². The van der Waals surface area contributed by atoms with E-state index < -0.39 is 9.84 Å². The van der Waals surface area contributed by atoms with Crippen LogP contribution >= 0.6 is 0 Å². The predicted octanol–water partition coefficient (Wildman–Crippen LogP) is 0.640. The Kier molecular flexibility index (Phi) is 3.52. The largest absolute Gasteiger partial charge is 0.394 e. The minimum Gasteiger partial charge on any atom is -0.394 e. The molecule has 0 amide bonds. The molecule has 102 valence electrons. The van der Waals surface area contributed by atoms with Crippen LogP contribution in [0, 0.1) is 12.8 Å². The van der Waals surface area contributed by atoms with E-state index in [-0.39, 0.29) is 11.7 Å². The van der Waals surface area contributed by atoms with Crippen molar-refractivity contribution in [1.82, 2.24) is 9.78 Å². The fourth-order valence-electron chi connectivity index (χ4n) is 2.28. The van der Waals surface area contributed by atoms with E-state index in [2.05, 4.69) is 10.4 Å². The molecule has 1 unspecified atom stereocenters. The van der Waals surface area contributed by atoms with Crippen molar-refractivity contribution in [1.29, 1.82) is 0 Å². The minimum absolute atomic E-state index is 0.176. The van der Waals surface area contributed by atoms with Gasteiger partial charge in [0.25, 0.3) is 0 Å². The van der Waals surface area contributed by atoms with Gasteiger partial charge < -0.3 is 11.1 Å². The molecule has 7 heteroatoms. The van der Waals surface area contributed by atoms with Crippen LogP contribution in [0.2, 0.25) is 0 Å². The van der Waals surface area contributed by atoms with E-state index in [1.807, 2.05) is 18.5 Å². The smallest absolute Gasteiger partial charge is 0.150 e. The van der Waals surface area contributed by atoms with Crippen molar-refractivity contribution in [2.75, 3.05) is 29.1 Å². The highest BCUT2D eigenvalue weighted by molar-refractivity contribution is 7.91. The van der Waals surface area contributed by atoms with Crippen LogP contribution in [0.3, 0.4) is 0 Å². The molecule has 0 radical (unpaired) electrons. The van der Waals surface area contributed by atoms with Gasteiger partial charge in [-0.3, -0.25) is 0 Å². The second-order valence-electron chi connectivity index (χ2n) is 4.81. The van der Waals surface area contributed by atoms with Gasteiger partial charge in [0.1, 0.15) is 5.82 Å². The number of hydrogen-bond donors (Lipinski definition) is 2. The van der Waals surface area contributed by atoms with Crippen molar-refractivity contribution >= 4 is 21.3 Å². The van der Waals surface area contributed by atoms with Gasteiger partial charge in [0.05, 0.1) is 22.9 Å². The molecule has 1 aromatic heterocycles. The van der Waals surface area contributed by atoms with Gasteiger partial charge in [-0.2, -0.15) is 5.10 Å². The standard InChI is InChI=1S/C11H20N4O2S/c1-3-15-11(10(12)8(2)14-15)13-6-9-4-5-18(16,17)7-9/h9,13H,3-7,12H2,1-2H3. The molecule has 2 rings (SSSR count). The number of rotatable bonds is 4. The molecule has 0 bridgehead atoms. The summed E-state index contributed by atoms with van der Waals surface area (Å²) in [6.07, 6.45) is 0.731. The number of nitrogens with two attached hydrogens (primary N) is 1. The zero-order valence-corrected chi connectivity index (χ0v) is 11.6. The van der Waals surface area contributed by atoms with Gasteiger partial charge in [0.2, 0.25) is 0 Å². The number of aromatic nitrogens is 2. The highest BCUT2D eigenvalue weighted by Gasteiger charge is 2.28. The fraction of sp³-hybridized carbons (Fsp3) is 0.727. The molecule has 0 spiro atoms. The second kappa shape index (κ2) is 4.79. The topological polar surface area (TPSA) is 90.0 Å². The Labute approximate surface area is 107 Å². The molecule has 1 aliphatic heterocycles. The van der Waals surface area contributed by atoms with E-state index in [9.17, 15) is 8.42 Å². The molecule has 1 saturated heterocycles. The lowest BCUT2D eigenvalue weighted by molar-refractivity contribution is 0.593. The SMILES string of the molecule is CCn1nc(C)c(N)c1NCC1CCS(=O)(=O)C1. The molecule has 18 heavy (non-hydrogen) atoms. The fourth-order valence-corrected chi connectivity index (χ4v) is 4.15. The Hall–Kier alpha value is -1.24. The summed E-state index contributed by atoms with van der Waals surface area (Å²) in [6, 6.07) is 0. The third kappa shape index (κ3) is 2.60. The number of nitrogen functional groups attached to an aromatic ring is 1. The molecule has 1 atom stereocenters. The van der Waals surface area contributed by atoms with E-state index in [0.29, 0.717) is 18.0 Å². The molecule has 0 saturated carbocycles. The maximum absolute atomic E-state index is 11.4. The van der Waals surface area contributed by atoms with Crippen LogP contribution in [0.1, 0.15) is 19.0 Å². The summed E-state index contributed by atoms with van der Waals surface area (Å²) < 4.78 is 24.6. The van der Waals surface area contributed by atoms with Crippen LogP contribution in [0.4, 0.5) is 11.5 Å². The number of nitrogens with zero attached hydrogens (tertiary/aromatic N) is 2. The first-order chi connectivity index (χ1) is 8.43. The van der Waals surface area contributed by atoms with Gasteiger partial charge >= 0.3 is 0 Å². The van der Waals surface area contributed by atoms with Crippen molar-refractivity contribution < 1.29 is 8.42 Å². The Bertz CT molecular complexity index is 535. The second-order valence-corrected chi connectivity index (χ2v) is 7.04. The van der Waals surface area contributed by atoms with E-state index in [4.69, 9.17) is 5.73 Å². The first-order valence-corrected chi connectivity index (χ1v) is 8.02. The number of sulfone groups is 1. The summed E-state index contributed by atoms with van der Waals surface area (Å²) in [6.45, 7) is 5.24. The summed E-state index contributed by atoms with van der Waals surface area (Å²) in [5.74, 6) is 1.56. The van der Waals surface area contributed by atoms with Gasteiger partial charge in [-0.25, -0.2) is 13.1 Å². The molecular weight excluding hydrogens is 252 g/mol. The quantitative estimate of drug-likeness (QED) is 0.839. The van der Waals surface area contributed by atoms with Crippen LogP contribution in [0.5, 0.6) is 0 Å². The van der Waals surface area contributed by atoms with E-state index in [1.54, 1.807) is 0 Å². The summed E-state index contributed by atoms with van der Waals surface area (Å²) >= 11 is 0. The number of nitrogens with one attached hydrogen (secondary N) is 1. The van der Waals surface area contributed by atoms with Gasteiger partial charge in [-0.05, 0) is 26.2 Å². The molecule has 6 nitrogen and oxygen atoms in total. The highest BCUT2D eigenvalue weighted by Crippen LogP contribution is 2.24. The molecule has 1 fully saturated rings. The van der Waals surface area contributed by atoms with Crippen LogP contribution in [-0.4, -0.2) is 36.2 Å². The predicted molar refractivity (Wildman–Crippen MR) is 72.3 cm³/mol. The zero-order valence-electron chi connectivity index (χ0n) is 10.8. The first kappa shape index (κ1) is 13.2. The molecule has 1 aliphatic rings. The molecule has 3 N–H and O–H groups in total. The maximum atomic E-state index is 11.4. The van der Waals surface area contributed by atoms with E-state index in [1.165, 1.54) is 0 Å². The first-order valence-electron chi connectivity index (χ1n) is 6.20.